The number of aromatic nitrogens is 2. The Kier molecular flexibility index (Phi) is 4.57. The van der Waals surface area contributed by atoms with Gasteiger partial charge in [0.2, 0.25) is 5.91 Å². The molecule has 2 unspecified atom stereocenters. The average molecular weight is 308 g/mol. The maximum Gasteiger partial charge on any atom is 0.245 e. The summed E-state index contributed by atoms with van der Waals surface area (Å²) < 4.78 is 1.97. The summed E-state index contributed by atoms with van der Waals surface area (Å²) in [4.78, 5) is 18.8. The van der Waals surface area contributed by atoms with Crippen molar-refractivity contribution in [2.75, 3.05) is 13.6 Å². The minimum absolute atomic E-state index is 0.0665. The van der Waals surface area contributed by atoms with Crippen molar-refractivity contribution >= 4 is 28.5 Å². The Morgan fingerprint density at radius 1 is 1.43 bits per heavy atom. The Morgan fingerprint density at radius 3 is 2.67 bits per heavy atom. The van der Waals surface area contributed by atoms with Gasteiger partial charge >= 0.3 is 0 Å². The van der Waals surface area contributed by atoms with Crippen molar-refractivity contribution in [3.63, 3.8) is 0 Å². The second-order valence-corrected chi connectivity index (χ2v) is 6.13. The molecule has 21 heavy (non-hydrogen) atoms. The zero-order chi connectivity index (χ0) is 15.7. The molecule has 0 radical (unpaired) electrons. The van der Waals surface area contributed by atoms with Crippen LogP contribution in [0.25, 0.3) is 11.0 Å². The number of alkyl halides is 1. The molecular weight excluding hydrogens is 286 g/mol. The number of fused-ring (bicyclic) bond motifs is 1. The van der Waals surface area contributed by atoms with E-state index in [0.29, 0.717) is 6.54 Å². The highest BCUT2D eigenvalue weighted by Crippen LogP contribution is 2.29. The van der Waals surface area contributed by atoms with Crippen molar-refractivity contribution in [1.82, 2.24) is 14.5 Å². The molecule has 0 aliphatic rings. The van der Waals surface area contributed by atoms with Crippen molar-refractivity contribution < 1.29 is 4.79 Å². The first-order chi connectivity index (χ1) is 9.86. The summed E-state index contributed by atoms with van der Waals surface area (Å²) >= 11 is 6.27. The van der Waals surface area contributed by atoms with E-state index in [4.69, 9.17) is 11.6 Å². The molecule has 1 aromatic carbocycles. The summed E-state index contributed by atoms with van der Waals surface area (Å²) in [7, 11) is 1.81. The van der Waals surface area contributed by atoms with Gasteiger partial charge in [-0.3, -0.25) is 4.79 Å². The Balaban J connectivity index is 2.62. The number of benzene rings is 1. The van der Waals surface area contributed by atoms with E-state index in [0.717, 1.165) is 22.4 Å². The lowest BCUT2D eigenvalue weighted by Crippen LogP contribution is -2.33. The van der Waals surface area contributed by atoms with Gasteiger partial charge in [0.15, 0.2) is 0 Å². The molecule has 5 heteroatoms. The third-order valence-electron chi connectivity index (χ3n) is 3.82. The van der Waals surface area contributed by atoms with E-state index < -0.39 is 0 Å². The lowest BCUT2D eigenvalue weighted by molar-refractivity contribution is -0.132. The van der Waals surface area contributed by atoms with Crippen molar-refractivity contribution in [3.8, 4) is 0 Å². The second kappa shape index (κ2) is 6.06. The number of carbonyl (C=O) groups is 1. The summed E-state index contributed by atoms with van der Waals surface area (Å²) in [6.45, 7) is 8.46. The quantitative estimate of drug-likeness (QED) is 0.808. The molecule has 1 heterocycles. The van der Waals surface area contributed by atoms with E-state index >= 15 is 0 Å². The summed E-state index contributed by atoms with van der Waals surface area (Å²) in [5.74, 6) is 0.805. The molecule has 1 amide bonds. The molecule has 0 N–H and O–H groups in total. The fraction of sp³-hybridized carbons (Fsp3) is 0.500. The lowest BCUT2D eigenvalue weighted by atomic mass is 10.2. The van der Waals surface area contributed by atoms with Gasteiger partial charge in [-0.1, -0.05) is 6.07 Å². The second-order valence-electron chi connectivity index (χ2n) is 5.48. The van der Waals surface area contributed by atoms with Crippen LogP contribution in [0.5, 0.6) is 0 Å². The first-order valence-electron chi connectivity index (χ1n) is 7.24. The predicted molar refractivity (Wildman–Crippen MR) is 86.8 cm³/mol. The molecule has 0 saturated carbocycles. The van der Waals surface area contributed by atoms with Gasteiger partial charge in [0.1, 0.15) is 11.9 Å². The van der Waals surface area contributed by atoms with E-state index in [2.05, 4.69) is 11.1 Å². The monoisotopic (exact) mass is 307 g/mol. The van der Waals surface area contributed by atoms with Crippen molar-refractivity contribution in [3.05, 3.63) is 29.6 Å². The molecule has 4 nitrogen and oxygen atoms in total. The van der Waals surface area contributed by atoms with Gasteiger partial charge in [0.05, 0.1) is 16.4 Å². The SMILES string of the molecule is CCN(C)C(=O)C(C)n1c(C(C)Cl)nc2ccc(C)cc21. The van der Waals surface area contributed by atoms with Crippen LogP contribution >= 0.6 is 11.6 Å². The molecule has 1 aromatic heterocycles. The zero-order valence-corrected chi connectivity index (χ0v) is 14.0. The van der Waals surface area contributed by atoms with E-state index in [1.165, 1.54) is 0 Å². The molecule has 0 saturated heterocycles. The third kappa shape index (κ3) is 2.91. The molecular formula is C16H22ClN3O. The number of imidazole rings is 1. The number of amides is 1. The molecule has 0 aliphatic carbocycles. The van der Waals surface area contributed by atoms with E-state index in [1.54, 1.807) is 4.90 Å². The van der Waals surface area contributed by atoms with Crippen LogP contribution in [0.15, 0.2) is 18.2 Å². The van der Waals surface area contributed by atoms with Gasteiger partial charge in [-0.15, -0.1) is 11.6 Å². The van der Waals surface area contributed by atoms with E-state index in [9.17, 15) is 4.79 Å². The van der Waals surface area contributed by atoms with Gasteiger partial charge < -0.3 is 9.47 Å². The number of nitrogens with zero attached hydrogens (tertiary/aromatic N) is 3. The minimum Gasteiger partial charge on any atom is -0.344 e. The number of aryl methyl sites for hydroxylation is 1. The van der Waals surface area contributed by atoms with Gasteiger partial charge in [-0.2, -0.15) is 0 Å². The summed E-state index contributed by atoms with van der Waals surface area (Å²) in [5.41, 5.74) is 2.98. The first kappa shape index (κ1) is 15.8. The Hall–Kier alpha value is -1.55. The third-order valence-corrected chi connectivity index (χ3v) is 4.02. The fourth-order valence-corrected chi connectivity index (χ4v) is 2.65. The summed E-state index contributed by atoms with van der Waals surface area (Å²) in [6.07, 6.45) is 0. The summed E-state index contributed by atoms with van der Waals surface area (Å²) in [5, 5.41) is -0.250. The smallest absolute Gasteiger partial charge is 0.245 e. The molecule has 0 aliphatic heterocycles. The van der Waals surface area contributed by atoms with Crippen LogP contribution in [0.3, 0.4) is 0 Å². The Morgan fingerprint density at radius 2 is 2.10 bits per heavy atom. The Bertz CT molecular complexity index is 663. The van der Waals surface area contributed by atoms with E-state index in [-0.39, 0.29) is 17.3 Å². The first-order valence-corrected chi connectivity index (χ1v) is 7.68. The Labute approximate surface area is 130 Å². The van der Waals surface area contributed by atoms with Crippen molar-refractivity contribution in [2.45, 2.75) is 39.1 Å². The molecule has 2 rings (SSSR count). The number of halogens is 1. The van der Waals surface area contributed by atoms with Crippen LogP contribution in [0.4, 0.5) is 0 Å². The number of carbonyl (C=O) groups excluding carboxylic acids is 1. The van der Waals surface area contributed by atoms with Crippen LogP contribution < -0.4 is 0 Å². The van der Waals surface area contributed by atoms with Crippen molar-refractivity contribution in [2.24, 2.45) is 0 Å². The number of likely N-dealkylation sites (N-methyl/N-ethyl adjacent to an activating group) is 1. The average Bonchev–Trinajstić information content (AvgIpc) is 2.83. The summed E-state index contributed by atoms with van der Waals surface area (Å²) in [6, 6.07) is 5.73. The molecule has 2 atom stereocenters. The highest BCUT2D eigenvalue weighted by atomic mass is 35.5. The standard InChI is InChI=1S/C16H22ClN3O/c1-6-19(5)16(21)12(4)20-14-9-10(2)7-8-13(14)18-15(20)11(3)17/h7-9,11-12H,6H2,1-5H3. The van der Waals surface area contributed by atoms with Crippen LogP contribution in [-0.2, 0) is 4.79 Å². The number of hydrogen-bond acceptors (Lipinski definition) is 2. The maximum atomic E-state index is 12.5. The minimum atomic E-state index is -0.321. The van der Waals surface area contributed by atoms with E-state index in [1.807, 2.05) is 51.4 Å². The highest BCUT2D eigenvalue weighted by molar-refractivity contribution is 6.20. The van der Waals surface area contributed by atoms with Crippen molar-refractivity contribution in [1.29, 1.82) is 0 Å². The molecule has 0 bridgehead atoms. The molecule has 0 spiro atoms. The van der Waals surface area contributed by atoms with Gasteiger partial charge in [-0.05, 0) is 45.4 Å². The van der Waals surface area contributed by atoms with Gasteiger partial charge in [0, 0.05) is 13.6 Å². The van der Waals surface area contributed by atoms with Crippen LogP contribution in [0.2, 0.25) is 0 Å². The molecule has 0 fully saturated rings. The fourth-order valence-electron chi connectivity index (χ4n) is 2.49. The largest absolute Gasteiger partial charge is 0.344 e. The number of hydrogen-bond donors (Lipinski definition) is 0. The van der Waals surface area contributed by atoms with Gasteiger partial charge in [0.25, 0.3) is 0 Å². The van der Waals surface area contributed by atoms with Crippen LogP contribution in [0.1, 0.15) is 43.6 Å². The zero-order valence-electron chi connectivity index (χ0n) is 13.2. The van der Waals surface area contributed by atoms with Gasteiger partial charge in [-0.25, -0.2) is 4.98 Å². The highest BCUT2D eigenvalue weighted by Gasteiger charge is 2.25. The molecule has 114 valence electrons. The lowest BCUT2D eigenvalue weighted by Gasteiger charge is -2.23. The number of rotatable bonds is 4. The topological polar surface area (TPSA) is 38.1 Å². The normalized spacial score (nSPS) is 14.2. The predicted octanol–water partition coefficient (Wildman–Crippen LogP) is 3.68. The van der Waals surface area contributed by atoms with Crippen LogP contribution in [0, 0.1) is 6.92 Å². The van der Waals surface area contributed by atoms with Crippen LogP contribution in [-0.4, -0.2) is 34.0 Å². The maximum absolute atomic E-state index is 12.5. The molecule has 2 aromatic rings.